The van der Waals surface area contributed by atoms with Crippen LogP contribution in [0.4, 0.5) is 10.1 Å². The van der Waals surface area contributed by atoms with Gasteiger partial charge >= 0.3 is 0 Å². The predicted molar refractivity (Wildman–Crippen MR) is 101 cm³/mol. The summed E-state index contributed by atoms with van der Waals surface area (Å²) in [7, 11) is 2.01. The van der Waals surface area contributed by atoms with E-state index in [4.69, 9.17) is 4.74 Å². The van der Waals surface area contributed by atoms with Crippen molar-refractivity contribution in [2.45, 2.75) is 27.2 Å². The highest BCUT2D eigenvalue weighted by Crippen LogP contribution is 2.32. The van der Waals surface area contributed by atoms with E-state index in [-0.39, 0.29) is 5.82 Å². The van der Waals surface area contributed by atoms with Crippen LogP contribution in [0.5, 0.6) is 11.5 Å². The molecule has 0 amide bonds. The standard InChI is InChI=1S/C19H22BrFN2O/c1-5-8-23(4)12-22-18-9-14(3)19(10-13(18)2)24-15-6-7-17(21)16(20)11-15/h6-7,9-12H,5,8H2,1-4H3. The summed E-state index contributed by atoms with van der Waals surface area (Å²) in [6.45, 7) is 7.09. The van der Waals surface area contributed by atoms with Crippen LogP contribution in [0.3, 0.4) is 0 Å². The molecular formula is C19H22BrFN2O. The molecule has 0 N–H and O–H groups in total. The van der Waals surface area contributed by atoms with Crippen LogP contribution in [0.25, 0.3) is 0 Å². The molecule has 24 heavy (non-hydrogen) atoms. The molecule has 0 fully saturated rings. The molecule has 0 saturated carbocycles. The Kier molecular flexibility index (Phi) is 6.37. The summed E-state index contributed by atoms with van der Waals surface area (Å²) in [5.41, 5.74) is 2.92. The fourth-order valence-corrected chi connectivity index (χ4v) is 2.62. The highest BCUT2D eigenvalue weighted by molar-refractivity contribution is 9.10. The van der Waals surface area contributed by atoms with Crippen molar-refractivity contribution < 1.29 is 9.13 Å². The third-order valence-electron chi connectivity index (χ3n) is 3.58. The maximum absolute atomic E-state index is 13.3. The number of aliphatic imine (C=N–C) groups is 1. The second-order valence-electron chi connectivity index (χ2n) is 5.81. The zero-order chi connectivity index (χ0) is 17.7. The van der Waals surface area contributed by atoms with Crippen molar-refractivity contribution in [3.63, 3.8) is 0 Å². The molecule has 0 unspecified atom stereocenters. The number of hydrogen-bond donors (Lipinski definition) is 0. The largest absolute Gasteiger partial charge is 0.457 e. The molecule has 2 aromatic carbocycles. The zero-order valence-corrected chi connectivity index (χ0v) is 16.0. The van der Waals surface area contributed by atoms with Crippen molar-refractivity contribution in [2.24, 2.45) is 4.99 Å². The Morgan fingerprint density at radius 1 is 1.21 bits per heavy atom. The first kappa shape index (κ1) is 18.5. The van der Waals surface area contributed by atoms with Gasteiger partial charge in [-0.2, -0.15) is 0 Å². The normalized spacial score (nSPS) is 11.1. The molecule has 0 spiro atoms. The Morgan fingerprint density at radius 2 is 1.96 bits per heavy atom. The number of aryl methyl sites for hydroxylation is 2. The lowest BCUT2D eigenvalue weighted by Gasteiger charge is -2.13. The molecule has 5 heteroatoms. The second-order valence-corrected chi connectivity index (χ2v) is 6.66. The molecule has 2 aromatic rings. The van der Waals surface area contributed by atoms with Crippen molar-refractivity contribution in [1.82, 2.24) is 4.90 Å². The smallest absolute Gasteiger partial charge is 0.137 e. The van der Waals surface area contributed by atoms with Gasteiger partial charge in [0.15, 0.2) is 0 Å². The summed E-state index contributed by atoms with van der Waals surface area (Å²) in [6.07, 6.45) is 2.93. The number of ether oxygens (including phenoxy) is 1. The minimum Gasteiger partial charge on any atom is -0.457 e. The average Bonchev–Trinajstić information content (AvgIpc) is 2.53. The van der Waals surface area contributed by atoms with Gasteiger partial charge in [0.05, 0.1) is 16.5 Å². The first-order valence-corrected chi connectivity index (χ1v) is 8.68. The molecule has 0 radical (unpaired) electrons. The van der Waals surface area contributed by atoms with E-state index in [1.807, 2.05) is 39.4 Å². The van der Waals surface area contributed by atoms with Gasteiger partial charge in [-0.25, -0.2) is 9.38 Å². The van der Waals surface area contributed by atoms with E-state index in [0.29, 0.717) is 10.2 Å². The lowest BCUT2D eigenvalue weighted by molar-refractivity contribution is 0.476. The summed E-state index contributed by atoms with van der Waals surface area (Å²) < 4.78 is 19.6. The fraction of sp³-hybridized carbons (Fsp3) is 0.316. The van der Waals surface area contributed by atoms with Crippen molar-refractivity contribution >= 4 is 28.0 Å². The van der Waals surface area contributed by atoms with Crippen LogP contribution < -0.4 is 4.74 Å². The average molecular weight is 393 g/mol. The molecule has 128 valence electrons. The molecule has 0 aromatic heterocycles. The van der Waals surface area contributed by atoms with Gasteiger partial charge in [-0.1, -0.05) is 6.92 Å². The van der Waals surface area contributed by atoms with Gasteiger partial charge in [-0.3, -0.25) is 0 Å². The van der Waals surface area contributed by atoms with E-state index in [0.717, 1.165) is 35.5 Å². The monoisotopic (exact) mass is 392 g/mol. The molecule has 0 atom stereocenters. The van der Waals surface area contributed by atoms with Gasteiger partial charge in [-0.05, 0) is 77.7 Å². The molecule has 0 saturated heterocycles. The Labute approximate surface area is 151 Å². The highest BCUT2D eigenvalue weighted by atomic mass is 79.9. The van der Waals surface area contributed by atoms with E-state index >= 15 is 0 Å². The third-order valence-corrected chi connectivity index (χ3v) is 4.19. The molecule has 3 nitrogen and oxygen atoms in total. The maximum Gasteiger partial charge on any atom is 0.137 e. The van der Waals surface area contributed by atoms with Gasteiger partial charge in [-0.15, -0.1) is 0 Å². The van der Waals surface area contributed by atoms with Crippen LogP contribution in [0.2, 0.25) is 0 Å². The molecule has 2 rings (SSSR count). The Bertz CT molecular complexity index is 746. The van der Waals surface area contributed by atoms with Crippen molar-refractivity contribution in [3.8, 4) is 11.5 Å². The number of halogens is 2. The lowest BCUT2D eigenvalue weighted by atomic mass is 10.1. The summed E-state index contributed by atoms with van der Waals surface area (Å²) in [5.74, 6) is 1.02. The van der Waals surface area contributed by atoms with Gasteiger partial charge < -0.3 is 9.64 Å². The van der Waals surface area contributed by atoms with Crippen LogP contribution in [0.15, 0.2) is 39.8 Å². The molecule has 0 aliphatic heterocycles. The summed E-state index contributed by atoms with van der Waals surface area (Å²) in [4.78, 5) is 6.61. The Balaban J connectivity index is 2.21. The van der Waals surface area contributed by atoms with E-state index in [2.05, 4.69) is 32.7 Å². The Morgan fingerprint density at radius 3 is 2.62 bits per heavy atom. The molecular weight excluding hydrogens is 371 g/mol. The Hall–Kier alpha value is -1.88. The van der Waals surface area contributed by atoms with Crippen LogP contribution >= 0.6 is 15.9 Å². The number of hydrogen-bond acceptors (Lipinski definition) is 2. The second kappa shape index (κ2) is 8.29. The van der Waals surface area contributed by atoms with E-state index in [1.54, 1.807) is 12.1 Å². The first-order chi connectivity index (χ1) is 11.4. The summed E-state index contributed by atoms with van der Waals surface area (Å²) in [5, 5.41) is 0. The van der Waals surface area contributed by atoms with Crippen LogP contribution in [0.1, 0.15) is 24.5 Å². The molecule has 0 heterocycles. The van der Waals surface area contributed by atoms with Gasteiger partial charge in [0, 0.05) is 13.6 Å². The zero-order valence-electron chi connectivity index (χ0n) is 14.4. The quantitative estimate of drug-likeness (QED) is 0.444. The van der Waals surface area contributed by atoms with Crippen molar-refractivity contribution in [2.75, 3.05) is 13.6 Å². The van der Waals surface area contributed by atoms with Crippen molar-refractivity contribution in [1.29, 1.82) is 0 Å². The van der Waals surface area contributed by atoms with Gasteiger partial charge in [0.1, 0.15) is 17.3 Å². The van der Waals surface area contributed by atoms with E-state index < -0.39 is 0 Å². The SMILES string of the molecule is CCCN(C)C=Nc1cc(C)c(Oc2ccc(F)c(Br)c2)cc1C. The fourth-order valence-electron chi connectivity index (χ4n) is 2.26. The number of benzene rings is 2. The van der Waals surface area contributed by atoms with Crippen LogP contribution in [0, 0.1) is 19.7 Å². The van der Waals surface area contributed by atoms with Gasteiger partial charge in [0.25, 0.3) is 0 Å². The maximum atomic E-state index is 13.3. The molecule has 0 bridgehead atoms. The minimum atomic E-state index is -0.309. The summed E-state index contributed by atoms with van der Waals surface area (Å²) >= 11 is 3.17. The molecule has 0 aliphatic rings. The van der Waals surface area contributed by atoms with Crippen molar-refractivity contribution in [3.05, 3.63) is 51.7 Å². The predicted octanol–water partition coefficient (Wildman–Crippen LogP) is 6.00. The van der Waals surface area contributed by atoms with E-state index in [9.17, 15) is 4.39 Å². The third kappa shape index (κ3) is 4.81. The van der Waals surface area contributed by atoms with Crippen LogP contribution in [-0.4, -0.2) is 24.8 Å². The van der Waals surface area contributed by atoms with Gasteiger partial charge in [0.2, 0.25) is 0 Å². The molecule has 0 aliphatic carbocycles. The lowest BCUT2D eigenvalue weighted by Crippen LogP contribution is -2.16. The first-order valence-electron chi connectivity index (χ1n) is 7.89. The number of nitrogens with zero attached hydrogens (tertiary/aromatic N) is 2. The van der Waals surface area contributed by atoms with E-state index in [1.165, 1.54) is 6.07 Å². The summed E-state index contributed by atoms with van der Waals surface area (Å²) in [6, 6.07) is 8.57. The number of rotatable bonds is 6. The minimum absolute atomic E-state index is 0.309. The topological polar surface area (TPSA) is 24.8 Å². The highest BCUT2D eigenvalue weighted by Gasteiger charge is 2.08. The van der Waals surface area contributed by atoms with Crippen LogP contribution in [-0.2, 0) is 0 Å².